The molecule has 1 saturated heterocycles. The molecule has 2 heterocycles. The van der Waals surface area contributed by atoms with Crippen LogP contribution in [0, 0.1) is 5.92 Å². The van der Waals surface area contributed by atoms with Crippen molar-refractivity contribution in [1.82, 2.24) is 9.55 Å². The summed E-state index contributed by atoms with van der Waals surface area (Å²) in [6.45, 7) is 2.72. The van der Waals surface area contributed by atoms with E-state index in [2.05, 4.69) is 10.6 Å². The van der Waals surface area contributed by atoms with Crippen LogP contribution < -0.4 is 4.74 Å². The van der Waals surface area contributed by atoms with E-state index in [9.17, 15) is 0 Å². The van der Waals surface area contributed by atoms with Crippen LogP contribution >= 0.6 is 11.6 Å². The van der Waals surface area contributed by atoms with Gasteiger partial charge in [0.1, 0.15) is 11.6 Å². The third-order valence-electron chi connectivity index (χ3n) is 4.13. The van der Waals surface area contributed by atoms with Gasteiger partial charge in [0, 0.05) is 38.1 Å². The summed E-state index contributed by atoms with van der Waals surface area (Å²) < 4.78 is 13.1. The molecule has 114 valence electrons. The van der Waals surface area contributed by atoms with Crippen LogP contribution in [0.4, 0.5) is 0 Å². The van der Waals surface area contributed by atoms with E-state index in [0.717, 1.165) is 61.6 Å². The number of hydrogen-bond acceptors (Lipinski definition) is 3. The summed E-state index contributed by atoms with van der Waals surface area (Å²) in [5, 5.41) is 0. The van der Waals surface area contributed by atoms with Crippen molar-refractivity contribution in [1.29, 1.82) is 0 Å². The molecule has 1 fully saturated rings. The highest BCUT2D eigenvalue weighted by Crippen LogP contribution is 2.26. The molecule has 0 atom stereocenters. The first-order chi connectivity index (χ1) is 10.3. The van der Waals surface area contributed by atoms with Crippen molar-refractivity contribution in [3.63, 3.8) is 0 Å². The maximum Gasteiger partial charge on any atom is 0.121 e. The molecule has 1 aromatic carbocycles. The lowest BCUT2D eigenvalue weighted by Gasteiger charge is -2.23. The number of imidazole rings is 1. The summed E-state index contributed by atoms with van der Waals surface area (Å²) in [6.07, 6.45) is 3.02. The van der Waals surface area contributed by atoms with Gasteiger partial charge in [-0.25, -0.2) is 4.98 Å². The first kappa shape index (κ1) is 14.7. The lowest BCUT2D eigenvalue weighted by molar-refractivity contribution is 0.0613. The van der Waals surface area contributed by atoms with Gasteiger partial charge >= 0.3 is 0 Å². The second kappa shape index (κ2) is 6.67. The molecule has 1 aliphatic heterocycles. The number of hydrogen-bond donors (Lipinski definition) is 0. The van der Waals surface area contributed by atoms with Crippen molar-refractivity contribution in [2.75, 3.05) is 26.2 Å². The summed E-state index contributed by atoms with van der Waals surface area (Å²) >= 11 is 5.94. The van der Waals surface area contributed by atoms with Crippen LogP contribution in [-0.2, 0) is 17.7 Å². The van der Waals surface area contributed by atoms with Crippen molar-refractivity contribution in [2.24, 2.45) is 5.92 Å². The van der Waals surface area contributed by atoms with Crippen LogP contribution in [0.1, 0.15) is 18.7 Å². The van der Waals surface area contributed by atoms with E-state index in [1.54, 1.807) is 7.11 Å². The van der Waals surface area contributed by atoms with Crippen molar-refractivity contribution in [3.05, 3.63) is 24.0 Å². The molecule has 0 radical (unpaired) electrons. The molecule has 0 N–H and O–H groups in total. The number of ether oxygens (including phenoxy) is 2. The maximum atomic E-state index is 5.94. The minimum atomic E-state index is 0.592. The Balaban J connectivity index is 1.96. The average Bonchev–Trinajstić information content (AvgIpc) is 2.86. The molecule has 2 aromatic rings. The number of benzene rings is 1. The second-order valence-electron chi connectivity index (χ2n) is 5.49. The highest BCUT2D eigenvalue weighted by Gasteiger charge is 2.18. The second-order valence-corrected chi connectivity index (χ2v) is 5.87. The number of alkyl halides is 1. The van der Waals surface area contributed by atoms with Gasteiger partial charge in [-0.1, -0.05) is 0 Å². The van der Waals surface area contributed by atoms with Crippen molar-refractivity contribution < 1.29 is 9.47 Å². The number of aryl methyl sites for hydroxylation is 1. The largest absolute Gasteiger partial charge is 0.497 e. The standard InChI is InChI=1S/C16H21ClN2O2/c1-20-13-2-3-14-15(10-13)19(16(18-14)4-7-17)11-12-5-8-21-9-6-12/h2-3,10,12H,4-9,11H2,1H3. The topological polar surface area (TPSA) is 36.3 Å². The Morgan fingerprint density at radius 2 is 2.19 bits per heavy atom. The predicted molar refractivity (Wildman–Crippen MR) is 84.3 cm³/mol. The highest BCUT2D eigenvalue weighted by molar-refractivity contribution is 6.17. The van der Waals surface area contributed by atoms with E-state index in [4.69, 9.17) is 26.1 Å². The molecule has 0 bridgehead atoms. The van der Waals surface area contributed by atoms with E-state index in [0.29, 0.717) is 11.8 Å². The van der Waals surface area contributed by atoms with Crippen LogP contribution in [-0.4, -0.2) is 35.8 Å². The number of rotatable bonds is 5. The molecule has 0 spiro atoms. The Bertz CT molecular complexity index is 606. The summed E-state index contributed by atoms with van der Waals surface area (Å²) in [6, 6.07) is 6.05. The molecule has 1 aliphatic rings. The zero-order valence-electron chi connectivity index (χ0n) is 12.3. The molecule has 0 aliphatic carbocycles. The van der Waals surface area contributed by atoms with Crippen molar-refractivity contribution in [3.8, 4) is 5.75 Å². The molecule has 21 heavy (non-hydrogen) atoms. The van der Waals surface area contributed by atoms with Gasteiger partial charge in [0.05, 0.1) is 18.1 Å². The Kier molecular flexibility index (Phi) is 4.66. The Hall–Kier alpha value is -1.26. The molecular formula is C16H21ClN2O2. The number of fused-ring (bicyclic) bond motifs is 1. The quantitative estimate of drug-likeness (QED) is 0.796. The lowest BCUT2D eigenvalue weighted by atomic mass is 10.0. The molecular weight excluding hydrogens is 288 g/mol. The fraction of sp³-hybridized carbons (Fsp3) is 0.562. The Labute approximate surface area is 130 Å². The molecule has 1 aromatic heterocycles. The number of aromatic nitrogens is 2. The van der Waals surface area contributed by atoms with E-state index in [1.807, 2.05) is 12.1 Å². The zero-order valence-corrected chi connectivity index (χ0v) is 13.1. The SMILES string of the molecule is COc1ccc2nc(CCCl)n(CC3CCOCC3)c2c1. The van der Waals surface area contributed by atoms with Crippen LogP contribution in [0.2, 0.25) is 0 Å². The number of nitrogens with zero attached hydrogens (tertiary/aromatic N) is 2. The third kappa shape index (κ3) is 3.16. The van der Waals surface area contributed by atoms with E-state index in [1.165, 1.54) is 0 Å². The Morgan fingerprint density at radius 3 is 2.90 bits per heavy atom. The number of halogens is 1. The van der Waals surface area contributed by atoms with E-state index < -0.39 is 0 Å². The molecule has 4 nitrogen and oxygen atoms in total. The van der Waals surface area contributed by atoms with E-state index in [-0.39, 0.29) is 0 Å². The fourth-order valence-electron chi connectivity index (χ4n) is 2.95. The minimum Gasteiger partial charge on any atom is -0.497 e. The monoisotopic (exact) mass is 308 g/mol. The van der Waals surface area contributed by atoms with Gasteiger partial charge in [0.15, 0.2) is 0 Å². The summed E-state index contributed by atoms with van der Waals surface area (Å²) in [5.74, 6) is 3.18. The van der Waals surface area contributed by atoms with Gasteiger partial charge in [0.25, 0.3) is 0 Å². The molecule has 0 unspecified atom stereocenters. The van der Waals surface area contributed by atoms with Crippen molar-refractivity contribution in [2.45, 2.75) is 25.8 Å². The summed E-state index contributed by atoms with van der Waals surface area (Å²) in [4.78, 5) is 4.74. The van der Waals surface area contributed by atoms with Gasteiger partial charge in [-0.15, -0.1) is 11.6 Å². The first-order valence-electron chi connectivity index (χ1n) is 7.48. The van der Waals surface area contributed by atoms with Crippen LogP contribution in [0.15, 0.2) is 18.2 Å². The number of methoxy groups -OCH3 is 1. The molecule has 5 heteroatoms. The van der Waals surface area contributed by atoms with Gasteiger partial charge in [-0.05, 0) is 30.9 Å². The van der Waals surface area contributed by atoms with Gasteiger partial charge < -0.3 is 14.0 Å². The first-order valence-corrected chi connectivity index (χ1v) is 8.02. The molecule has 3 rings (SSSR count). The molecule has 0 saturated carbocycles. The van der Waals surface area contributed by atoms with Crippen LogP contribution in [0.3, 0.4) is 0 Å². The smallest absolute Gasteiger partial charge is 0.121 e. The van der Waals surface area contributed by atoms with Gasteiger partial charge in [-0.2, -0.15) is 0 Å². The Morgan fingerprint density at radius 1 is 1.38 bits per heavy atom. The van der Waals surface area contributed by atoms with Gasteiger partial charge in [-0.3, -0.25) is 0 Å². The highest BCUT2D eigenvalue weighted by atomic mass is 35.5. The lowest BCUT2D eigenvalue weighted by Crippen LogP contribution is -2.21. The van der Waals surface area contributed by atoms with Gasteiger partial charge in [0.2, 0.25) is 0 Å². The summed E-state index contributed by atoms with van der Waals surface area (Å²) in [7, 11) is 1.69. The predicted octanol–water partition coefficient (Wildman–Crippen LogP) is 3.25. The molecule has 0 amide bonds. The van der Waals surface area contributed by atoms with Crippen LogP contribution in [0.5, 0.6) is 5.75 Å². The average molecular weight is 309 g/mol. The fourth-order valence-corrected chi connectivity index (χ4v) is 3.11. The minimum absolute atomic E-state index is 0.592. The normalized spacial score (nSPS) is 16.5. The maximum absolute atomic E-state index is 5.94. The third-order valence-corrected chi connectivity index (χ3v) is 4.32. The van der Waals surface area contributed by atoms with Crippen LogP contribution in [0.25, 0.3) is 11.0 Å². The summed E-state index contributed by atoms with van der Waals surface area (Å²) in [5.41, 5.74) is 2.16. The van der Waals surface area contributed by atoms with E-state index >= 15 is 0 Å². The van der Waals surface area contributed by atoms with Crippen molar-refractivity contribution >= 4 is 22.6 Å². The zero-order chi connectivity index (χ0) is 14.7.